The minimum atomic E-state index is 0.887. The van der Waals surface area contributed by atoms with Gasteiger partial charge in [0.1, 0.15) is 6.33 Å². The molecule has 2 heteroatoms. The fourth-order valence-electron chi connectivity index (χ4n) is 5.88. The fraction of sp³-hybridized carbons (Fsp3) is 0.688. The summed E-state index contributed by atoms with van der Waals surface area (Å²) in [6.45, 7) is 4.58. The minimum absolute atomic E-state index is 0.887. The smallest absolute Gasteiger partial charge is 0.116 e. The first-order valence-corrected chi connectivity index (χ1v) is 14.7. The van der Waals surface area contributed by atoms with E-state index in [1.165, 1.54) is 125 Å². The van der Waals surface area contributed by atoms with Gasteiger partial charge in [-0.05, 0) is 48.6 Å². The molecule has 2 nitrogen and oxygen atoms in total. The molecule has 188 valence electrons. The lowest BCUT2D eigenvalue weighted by molar-refractivity contribution is 0.248. The van der Waals surface area contributed by atoms with Crippen molar-refractivity contribution < 1.29 is 0 Å². The summed E-state index contributed by atoms with van der Waals surface area (Å²) in [5.74, 6) is 1.88. The normalized spacial score (nSPS) is 18.3. The minimum Gasteiger partial charge on any atom is -0.244 e. The SMILES string of the molecule is CCCCCCCCCC1CCC(CCc2cncnc2-c2ccccc2CCCCC)CC1. The van der Waals surface area contributed by atoms with Crippen LogP contribution in [-0.4, -0.2) is 9.97 Å². The molecular formula is C32H50N2. The maximum atomic E-state index is 4.77. The molecule has 0 amide bonds. The molecule has 1 aromatic carbocycles. The molecule has 0 bridgehead atoms. The maximum absolute atomic E-state index is 4.77. The number of nitrogens with zero attached hydrogens (tertiary/aromatic N) is 2. The Kier molecular flexibility index (Phi) is 12.7. The zero-order valence-corrected chi connectivity index (χ0v) is 22.2. The molecular weight excluding hydrogens is 412 g/mol. The lowest BCUT2D eigenvalue weighted by Gasteiger charge is -2.28. The standard InChI is InChI=1S/C32H50N2/c1-3-5-7-8-9-10-12-15-27-19-21-28(22-20-27)23-24-30-25-33-26-34-32(30)31-18-14-13-17-29(31)16-11-6-4-2/h13-14,17-18,25-28H,3-12,15-16,19-24H2,1-2H3. The highest BCUT2D eigenvalue weighted by atomic mass is 14.8. The molecule has 3 rings (SSSR count). The molecule has 2 aromatic rings. The van der Waals surface area contributed by atoms with Crippen LogP contribution in [0.2, 0.25) is 0 Å². The summed E-state index contributed by atoms with van der Waals surface area (Å²) < 4.78 is 0. The summed E-state index contributed by atoms with van der Waals surface area (Å²) in [5, 5.41) is 0. The number of unbranched alkanes of at least 4 members (excludes halogenated alkanes) is 8. The molecule has 0 atom stereocenters. The summed E-state index contributed by atoms with van der Waals surface area (Å²) in [6.07, 6.45) is 28.5. The first-order valence-electron chi connectivity index (χ1n) is 14.7. The van der Waals surface area contributed by atoms with Crippen LogP contribution < -0.4 is 0 Å². The first-order chi connectivity index (χ1) is 16.8. The van der Waals surface area contributed by atoms with Crippen molar-refractivity contribution in [3.05, 3.63) is 47.9 Å². The average molecular weight is 463 g/mol. The summed E-state index contributed by atoms with van der Waals surface area (Å²) in [7, 11) is 0. The van der Waals surface area contributed by atoms with Crippen molar-refractivity contribution in [2.75, 3.05) is 0 Å². The molecule has 0 unspecified atom stereocenters. The zero-order chi connectivity index (χ0) is 23.8. The molecule has 1 saturated carbocycles. The molecule has 0 spiro atoms. The first kappa shape index (κ1) is 26.9. The highest BCUT2D eigenvalue weighted by molar-refractivity contribution is 5.66. The van der Waals surface area contributed by atoms with Crippen molar-refractivity contribution >= 4 is 0 Å². The number of benzene rings is 1. The van der Waals surface area contributed by atoms with E-state index in [-0.39, 0.29) is 0 Å². The number of hydrogen-bond acceptors (Lipinski definition) is 2. The Morgan fingerprint density at radius 2 is 1.32 bits per heavy atom. The summed E-state index contributed by atoms with van der Waals surface area (Å²) >= 11 is 0. The van der Waals surface area contributed by atoms with Crippen molar-refractivity contribution in [1.82, 2.24) is 9.97 Å². The van der Waals surface area contributed by atoms with Gasteiger partial charge in [-0.25, -0.2) is 9.97 Å². The van der Waals surface area contributed by atoms with Gasteiger partial charge in [0, 0.05) is 11.8 Å². The third kappa shape index (κ3) is 9.16. The van der Waals surface area contributed by atoms with E-state index >= 15 is 0 Å². The van der Waals surface area contributed by atoms with Gasteiger partial charge in [0.2, 0.25) is 0 Å². The van der Waals surface area contributed by atoms with E-state index in [0.29, 0.717) is 0 Å². The Morgan fingerprint density at radius 1 is 0.676 bits per heavy atom. The fourth-order valence-corrected chi connectivity index (χ4v) is 5.88. The van der Waals surface area contributed by atoms with Gasteiger partial charge in [0.15, 0.2) is 0 Å². The van der Waals surface area contributed by atoms with Gasteiger partial charge in [-0.15, -0.1) is 0 Å². The predicted molar refractivity (Wildman–Crippen MR) is 147 cm³/mol. The maximum Gasteiger partial charge on any atom is 0.116 e. The van der Waals surface area contributed by atoms with Gasteiger partial charge in [0.25, 0.3) is 0 Å². The van der Waals surface area contributed by atoms with E-state index in [4.69, 9.17) is 4.98 Å². The molecule has 1 heterocycles. The summed E-state index contributed by atoms with van der Waals surface area (Å²) in [5.41, 5.74) is 5.29. The molecule has 34 heavy (non-hydrogen) atoms. The predicted octanol–water partition coefficient (Wildman–Crippen LogP) is 9.76. The highest BCUT2D eigenvalue weighted by Crippen LogP contribution is 2.35. The number of rotatable bonds is 16. The second-order valence-corrected chi connectivity index (χ2v) is 10.8. The Bertz CT molecular complexity index is 791. The van der Waals surface area contributed by atoms with Crippen molar-refractivity contribution in [3.8, 4) is 11.3 Å². The lowest BCUT2D eigenvalue weighted by Crippen LogP contribution is -2.15. The zero-order valence-electron chi connectivity index (χ0n) is 22.2. The van der Waals surface area contributed by atoms with Crippen LogP contribution in [0.15, 0.2) is 36.8 Å². The van der Waals surface area contributed by atoms with Gasteiger partial charge in [-0.2, -0.15) is 0 Å². The molecule has 1 aliphatic rings. The second-order valence-electron chi connectivity index (χ2n) is 10.8. The van der Waals surface area contributed by atoms with Crippen molar-refractivity contribution in [1.29, 1.82) is 0 Å². The van der Waals surface area contributed by atoms with E-state index < -0.39 is 0 Å². The van der Waals surface area contributed by atoms with Gasteiger partial charge in [-0.3, -0.25) is 0 Å². The molecule has 1 aliphatic carbocycles. The van der Waals surface area contributed by atoms with Crippen LogP contribution >= 0.6 is 0 Å². The largest absolute Gasteiger partial charge is 0.244 e. The average Bonchev–Trinajstić information content (AvgIpc) is 2.88. The number of aromatic nitrogens is 2. The van der Waals surface area contributed by atoms with E-state index in [1.807, 2.05) is 0 Å². The van der Waals surface area contributed by atoms with Crippen LogP contribution in [-0.2, 0) is 12.8 Å². The summed E-state index contributed by atoms with van der Waals surface area (Å²) in [4.78, 5) is 9.17. The summed E-state index contributed by atoms with van der Waals surface area (Å²) in [6, 6.07) is 8.90. The van der Waals surface area contributed by atoms with Crippen LogP contribution in [0.5, 0.6) is 0 Å². The number of hydrogen-bond donors (Lipinski definition) is 0. The van der Waals surface area contributed by atoms with E-state index in [9.17, 15) is 0 Å². The molecule has 1 aromatic heterocycles. The van der Waals surface area contributed by atoms with E-state index in [2.05, 4.69) is 49.3 Å². The van der Waals surface area contributed by atoms with Crippen molar-refractivity contribution in [2.24, 2.45) is 11.8 Å². The Labute approximate surface area is 210 Å². The van der Waals surface area contributed by atoms with Gasteiger partial charge in [-0.1, -0.05) is 128 Å². The molecule has 1 fully saturated rings. The Morgan fingerprint density at radius 3 is 2.09 bits per heavy atom. The van der Waals surface area contributed by atoms with E-state index in [1.54, 1.807) is 6.33 Å². The Balaban J connectivity index is 1.44. The third-order valence-corrected chi connectivity index (χ3v) is 8.11. The van der Waals surface area contributed by atoms with Gasteiger partial charge in [0.05, 0.1) is 5.69 Å². The Hall–Kier alpha value is -1.70. The van der Waals surface area contributed by atoms with Crippen LogP contribution in [0.4, 0.5) is 0 Å². The topological polar surface area (TPSA) is 25.8 Å². The van der Waals surface area contributed by atoms with Crippen molar-refractivity contribution in [2.45, 2.75) is 129 Å². The molecule has 0 N–H and O–H groups in total. The molecule has 0 aliphatic heterocycles. The van der Waals surface area contributed by atoms with Gasteiger partial charge < -0.3 is 0 Å². The quantitative estimate of drug-likeness (QED) is 0.232. The highest BCUT2D eigenvalue weighted by Gasteiger charge is 2.21. The van der Waals surface area contributed by atoms with Gasteiger partial charge >= 0.3 is 0 Å². The van der Waals surface area contributed by atoms with Crippen LogP contribution in [0.1, 0.15) is 128 Å². The third-order valence-electron chi connectivity index (χ3n) is 8.11. The van der Waals surface area contributed by atoms with E-state index in [0.717, 1.165) is 24.7 Å². The van der Waals surface area contributed by atoms with Crippen LogP contribution in [0, 0.1) is 11.8 Å². The van der Waals surface area contributed by atoms with Crippen LogP contribution in [0.3, 0.4) is 0 Å². The molecule has 0 radical (unpaired) electrons. The lowest BCUT2D eigenvalue weighted by atomic mass is 9.77. The van der Waals surface area contributed by atoms with Crippen LogP contribution in [0.25, 0.3) is 11.3 Å². The molecule has 0 saturated heterocycles. The monoisotopic (exact) mass is 462 g/mol. The van der Waals surface area contributed by atoms with Crippen molar-refractivity contribution in [3.63, 3.8) is 0 Å². The second kappa shape index (κ2) is 16.1. The number of aryl methyl sites for hydroxylation is 2.